The summed E-state index contributed by atoms with van der Waals surface area (Å²) in [4.78, 5) is 27.6. The van der Waals surface area contributed by atoms with Gasteiger partial charge in [-0.25, -0.2) is 4.39 Å². The summed E-state index contributed by atoms with van der Waals surface area (Å²) in [7, 11) is 0. The number of benzene rings is 1. The van der Waals surface area contributed by atoms with E-state index in [2.05, 4.69) is 0 Å². The van der Waals surface area contributed by atoms with E-state index in [1.807, 2.05) is 12.1 Å². The van der Waals surface area contributed by atoms with Crippen LogP contribution in [0.4, 0.5) is 4.39 Å². The van der Waals surface area contributed by atoms with Crippen molar-refractivity contribution in [2.75, 3.05) is 26.2 Å². The van der Waals surface area contributed by atoms with Gasteiger partial charge in [0.2, 0.25) is 5.91 Å². The molecule has 0 spiro atoms. The smallest absolute Gasteiger partial charge is 0.253 e. The van der Waals surface area contributed by atoms with Gasteiger partial charge < -0.3 is 9.80 Å². The lowest BCUT2D eigenvalue weighted by atomic mass is 9.94. The Labute approximate surface area is 139 Å². The summed E-state index contributed by atoms with van der Waals surface area (Å²) in [5, 5.41) is 17.5. The quantitative estimate of drug-likeness (QED) is 0.785. The van der Waals surface area contributed by atoms with Crippen LogP contribution in [0.25, 0.3) is 0 Å². The molecule has 1 aliphatic heterocycles. The molecular formula is C17H17FN4O2. The molecule has 1 aromatic rings. The number of nitriles is 2. The number of carbonyl (C=O) groups excluding carboxylic acids is 2. The highest BCUT2D eigenvalue weighted by Crippen LogP contribution is 2.21. The van der Waals surface area contributed by atoms with Crippen molar-refractivity contribution in [2.24, 2.45) is 5.92 Å². The van der Waals surface area contributed by atoms with Crippen LogP contribution in [0.1, 0.15) is 23.2 Å². The number of carbonyl (C=O) groups is 2. The normalized spacial score (nSPS) is 14.5. The summed E-state index contributed by atoms with van der Waals surface area (Å²) in [5.74, 6) is -1.09. The van der Waals surface area contributed by atoms with Gasteiger partial charge in [0.05, 0.1) is 12.1 Å². The van der Waals surface area contributed by atoms with Crippen LogP contribution in [-0.4, -0.2) is 47.8 Å². The van der Waals surface area contributed by atoms with Crippen molar-refractivity contribution in [2.45, 2.75) is 12.8 Å². The van der Waals surface area contributed by atoms with Gasteiger partial charge in [-0.15, -0.1) is 0 Å². The third-order valence-corrected chi connectivity index (χ3v) is 4.06. The number of likely N-dealkylation sites (tertiary alicyclic amines) is 1. The van der Waals surface area contributed by atoms with E-state index in [9.17, 15) is 14.0 Å². The van der Waals surface area contributed by atoms with Crippen LogP contribution in [0.2, 0.25) is 0 Å². The minimum Gasteiger partial charge on any atom is -0.339 e. The highest BCUT2D eigenvalue weighted by molar-refractivity contribution is 5.94. The minimum absolute atomic E-state index is 0.110. The predicted octanol–water partition coefficient (Wildman–Crippen LogP) is 1.55. The average molecular weight is 328 g/mol. The lowest BCUT2D eigenvalue weighted by Crippen LogP contribution is -2.44. The first-order valence-corrected chi connectivity index (χ1v) is 7.64. The molecule has 1 saturated heterocycles. The molecule has 2 rings (SSSR count). The standard InChI is InChI=1S/C17H17FN4O2/c18-15-3-1-13(2-4-15)16(23)21-9-5-14(6-10-21)17(24)22(11-7-19)12-8-20/h1-4,14H,5-6,9-12H2. The first kappa shape index (κ1) is 17.4. The van der Waals surface area contributed by atoms with Gasteiger partial charge in [0.25, 0.3) is 5.91 Å². The second kappa shape index (κ2) is 8.07. The molecule has 6 nitrogen and oxygen atoms in total. The topological polar surface area (TPSA) is 88.2 Å². The Kier molecular flexibility index (Phi) is 5.86. The largest absolute Gasteiger partial charge is 0.339 e. The van der Waals surface area contributed by atoms with Crippen LogP contribution in [0, 0.1) is 34.4 Å². The van der Waals surface area contributed by atoms with E-state index in [1.54, 1.807) is 4.90 Å². The predicted molar refractivity (Wildman–Crippen MR) is 82.8 cm³/mol. The van der Waals surface area contributed by atoms with Crippen LogP contribution >= 0.6 is 0 Å². The summed E-state index contributed by atoms with van der Waals surface area (Å²) in [5.41, 5.74) is 0.414. The molecule has 0 aromatic heterocycles. The van der Waals surface area contributed by atoms with Crippen LogP contribution in [0.15, 0.2) is 24.3 Å². The first-order valence-electron chi connectivity index (χ1n) is 7.64. The summed E-state index contributed by atoms with van der Waals surface area (Å²) in [6.45, 7) is 0.612. The molecular weight excluding hydrogens is 311 g/mol. The molecule has 0 atom stereocenters. The SMILES string of the molecule is N#CCN(CC#N)C(=O)C1CCN(C(=O)c2ccc(F)cc2)CC1. The lowest BCUT2D eigenvalue weighted by Gasteiger charge is -2.33. The molecule has 24 heavy (non-hydrogen) atoms. The van der Waals surface area contributed by atoms with Crippen molar-refractivity contribution < 1.29 is 14.0 Å². The van der Waals surface area contributed by atoms with Crippen molar-refractivity contribution >= 4 is 11.8 Å². The van der Waals surface area contributed by atoms with E-state index < -0.39 is 5.82 Å². The van der Waals surface area contributed by atoms with E-state index in [1.165, 1.54) is 29.2 Å². The maximum Gasteiger partial charge on any atom is 0.253 e. The molecule has 0 bridgehead atoms. The molecule has 1 aliphatic rings. The summed E-state index contributed by atoms with van der Waals surface area (Å²) >= 11 is 0. The number of piperidine rings is 1. The fourth-order valence-electron chi connectivity index (χ4n) is 2.75. The molecule has 2 amide bonds. The third kappa shape index (κ3) is 4.08. The van der Waals surface area contributed by atoms with Crippen molar-refractivity contribution in [1.29, 1.82) is 10.5 Å². The van der Waals surface area contributed by atoms with Gasteiger partial charge >= 0.3 is 0 Å². The van der Waals surface area contributed by atoms with Gasteiger partial charge in [0.15, 0.2) is 0 Å². The number of halogens is 1. The van der Waals surface area contributed by atoms with Crippen LogP contribution in [0.5, 0.6) is 0 Å². The summed E-state index contributed by atoms with van der Waals surface area (Å²) < 4.78 is 12.9. The zero-order chi connectivity index (χ0) is 17.5. The Morgan fingerprint density at radius 1 is 1.12 bits per heavy atom. The Morgan fingerprint density at radius 3 is 2.17 bits per heavy atom. The first-order chi connectivity index (χ1) is 11.6. The van der Waals surface area contributed by atoms with Crippen molar-refractivity contribution in [3.63, 3.8) is 0 Å². The second-order valence-corrected chi connectivity index (χ2v) is 5.58. The molecule has 0 unspecified atom stereocenters. The number of nitrogens with zero attached hydrogens (tertiary/aromatic N) is 4. The number of amides is 2. The monoisotopic (exact) mass is 328 g/mol. The second-order valence-electron chi connectivity index (χ2n) is 5.58. The van der Waals surface area contributed by atoms with Gasteiger partial charge in [-0.2, -0.15) is 10.5 Å². The van der Waals surface area contributed by atoms with E-state index in [-0.39, 0.29) is 30.8 Å². The Hall–Kier alpha value is -2.93. The Morgan fingerprint density at radius 2 is 1.67 bits per heavy atom. The van der Waals surface area contributed by atoms with Crippen LogP contribution < -0.4 is 0 Å². The Balaban J connectivity index is 1.94. The molecule has 0 aliphatic carbocycles. The number of hydrogen-bond acceptors (Lipinski definition) is 4. The average Bonchev–Trinajstić information content (AvgIpc) is 2.61. The molecule has 7 heteroatoms. The summed E-state index contributed by atoms with van der Waals surface area (Å²) in [6, 6.07) is 9.13. The van der Waals surface area contributed by atoms with Crippen molar-refractivity contribution in [3.05, 3.63) is 35.6 Å². The van der Waals surface area contributed by atoms with E-state index in [4.69, 9.17) is 10.5 Å². The maximum absolute atomic E-state index is 12.9. The fraction of sp³-hybridized carbons (Fsp3) is 0.412. The zero-order valence-corrected chi connectivity index (χ0v) is 13.1. The van der Waals surface area contributed by atoms with Crippen LogP contribution in [0.3, 0.4) is 0 Å². The van der Waals surface area contributed by atoms with Gasteiger partial charge in [0.1, 0.15) is 18.9 Å². The fourth-order valence-corrected chi connectivity index (χ4v) is 2.75. The zero-order valence-electron chi connectivity index (χ0n) is 13.1. The Bertz CT molecular complexity index is 666. The molecule has 0 N–H and O–H groups in total. The molecule has 124 valence electrons. The van der Waals surface area contributed by atoms with Crippen molar-refractivity contribution in [1.82, 2.24) is 9.80 Å². The van der Waals surface area contributed by atoms with Gasteiger partial charge in [-0.1, -0.05) is 0 Å². The van der Waals surface area contributed by atoms with Gasteiger partial charge in [-0.3, -0.25) is 9.59 Å². The van der Waals surface area contributed by atoms with Gasteiger partial charge in [-0.05, 0) is 37.1 Å². The third-order valence-electron chi connectivity index (χ3n) is 4.06. The van der Waals surface area contributed by atoms with Crippen molar-refractivity contribution in [3.8, 4) is 12.1 Å². The molecule has 1 heterocycles. The highest BCUT2D eigenvalue weighted by Gasteiger charge is 2.30. The van der Waals surface area contributed by atoms with Crippen LogP contribution in [-0.2, 0) is 4.79 Å². The van der Waals surface area contributed by atoms with E-state index >= 15 is 0 Å². The molecule has 1 aromatic carbocycles. The maximum atomic E-state index is 12.9. The molecule has 1 fully saturated rings. The molecule has 0 radical (unpaired) electrons. The molecule has 0 saturated carbocycles. The van der Waals surface area contributed by atoms with E-state index in [0.29, 0.717) is 31.5 Å². The number of rotatable bonds is 4. The summed E-state index contributed by atoms with van der Waals surface area (Å²) in [6.07, 6.45) is 0.970. The minimum atomic E-state index is -0.397. The van der Waals surface area contributed by atoms with Gasteiger partial charge in [0, 0.05) is 24.6 Å². The number of hydrogen-bond donors (Lipinski definition) is 0. The van der Waals surface area contributed by atoms with E-state index in [0.717, 1.165) is 0 Å². The highest BCUT2D eigenvalue weighted by atomic mass is 19.1. The lowest BCUT2D eigenvalue weighted by molar-refractivity contribution is -0.135.